The minimum atomic E-state index is 0.535. The Morgan fingerprint density at radius 3 is 2.85 bits per heavy atom. The Kier molecular flexibility index (Phi) is 5.20. The summed E-state index contributed by atoms with van der Waals surface area (Å²) in [4.78, 5) is 0. The summed E-state index contributed by atoms with van der Waals surface area (Å²) in [5.74, 6) is 0.535. The van der Waals surface area contributed by atoms with Crippen LogP contribution in [0.15, 0.2) is 18.5 Å². The van der Waals surface area contributed by atoms with Crippen LogP contribution in [0, 0.1) is 12.8 Å². The SMILES string of the molecule is Cc1nn(CC(C)C)c(Cl)c1CNCCn1cccn1. The van der Waals surface area contributed by atoms with Crippen LogP contribution in [0.5, 0.6) is 0 Å². The van der Waals surface area contributed by atoms with Crippen molar-refractivity contribution in [1.29, 1.82) is 0 Å². The first kappa shape index (κ1) is 15.1. The van der Waals surface area contributed by atoms with Crippen molar-refractivity contribution in [3.05, 3.63) is 34.9 Å². The lowest BCUT2D eigenvalue weighted by Crippen LogP contribution is -2.20. The van der Waals surface area contributed by atoms with Crippen LogP contribution in [0.4, 0.5) is 0 Å². The zero-order chi connectivity index (χ0) is 14.5. The van der Waals surface area contributed by atoms with Gasteiger partial charge in [0.15, 0.2) is 0 Å². The predicted octanol–water partition coefficient (Wildman–Crippen LogP) is 2.49. The summed E-state index contributed by atoms with van der Waals surface area (Å²) in [5.41, 5.74) is 2.09. The van der Waals surface area contributed by atoms with E-state index >= 15 is 0 Å². The van der Waals surface area contributed by atoms with E-state index in [1.165, 1.54) is 0 Å². The molecular weight excluding hydrogens is 274 g/mol. The van der Waals surface area contributed by atoms with Crippen LogP contribution in [0.2, 0.25) is 5.15 Å². The molecule has 0 aromatic carbocycles. The number of hydrogen-bond acceptors (Lipinski definition) is 3. The maximum atomic E-state index is 6.40. The van der Waals surface area contributed by atoms with E-state index in [2.05, 4.69) is 29.4 Å². The number of halogens is 1. The largest absolute Gasteiger partial charge is 0.311 e. The van der Waals surface area contributed by atoms with Gasteiger partial charge in [-0.15, -0.1) is 0 Å². The summed E-state index contributed by atoms with van der Waals surface area (Å²) in [6.45, 7) is 9.63. The second kappa shape index (κ2) is 6.90. The normalized spacial score (nSPS) is 11.4. The smallest absolute Gasteiger partial charge is 0.131 e. The van der Waals surface area contributed by atoms with Gasteiger partial charge in [0.2, 0.25) is 0 Å². The molecule has 0 saturated heterocycles. The molecule has 0 aliphatic carbocycles. The highest BCUT2D eigenvalue weighted by Crippen LogP contribution is 2.20. The van der Waals surface area contributed by atoms with Crippen LogP contribution in [0.25, 0.3) is 0 Å². The molecule has 0 saturated carbocycles. The molecular formula is C14H22ClN5. The molecule has 1 N–H and O–H groups in total. The molecule has 2 rings (SSSR count). The Morgan fingerprint density at radius 1 is 1.40 bits per heavy atom. The van der Waals surface area contributed by atoms with Crippen molar-refractivity contribution in [1.82, 2.24) is 24.9 Å². The molecule has 2 aromatic heterocycles. The first-order chi connectivity index (χ1) is 9.58. The Morgan fingerprint density at radius 2 is 2.20 bits per heavy atom. The van der Waals surface area contributed by atoms with Gasteiger partial charge in [0, 0.05) is 37.6 Å². The summed E-state index contributed by atoms with van der Waals surface area (Å²) in [5, 5.41) is 12.8. The molecule has 6 heteroatoms. The quantitative estimate of drug-likeness (QED) is 0.798. The van der Waals surface area contributed by atoms with Gasteiger partial charge in [-0.2, -0.15) is 10.2 Å². The number of nitrogens with one attached hydrogen (secondary N) is 1. The topological polar surface area (TPSA) is 47.7 Å². The maximum absolute atomic E-state index is 6.40. The highest BCUT2D eigenvalue weighted by Gasteiger charge is 2.13. The molecule has 0 aliphatic rings. The van der Waals surface area contributed by atoms with Crippen molar-refractivity contribution in [3.63, 3.8) is 0 Å². The lowest BCUT2D eigenvalue weighted by molar-refractivity contribution is 0.481. The zero-order valence-electron chi connectivity index (χ0n) is 12.3. The maximum Gasteiger partial charge on any atom is 0.131 e. The lowest BCUT2D eigenvalue weighted by atomic mass is 10.2. The summed E-state index contributed by atoms with van der Waals surface area (Å²) >= 11 is 6.40. The van der Waals surface area contributed by atoms with Crippen molar-refractivity contribution in [3.8, 4) is 0 Å². The second-order valence-corrected chi connectivity index (χ2v) is 5.73. The highest BCUT2D eigenvalue weighted by atomic mass is 35.5. The molecule has 2 heterocycles. The minimum absolute atomic E-state index is 0.535. The average Bonchev–Trinajstić information content (AvgIpc) is 2.97. The molecule has 110 valence electrons. The minimum Gasteiger partial charge on any atom is -0.311 e. The Bertz CT molecular complexity index is 530. The van der Waals surface area contributed by atoms with E-state index < -0.39 is 0 Å². The number of hydrogen-bond donors (Lipinski definition) is 1. The summed E-state index contributed by atoms with van der Waals surface area (Å²) in [6.07, 6.45) is 3.75. The van der Waals surface area contributed by atoms with Crippen LogP contribution in [0.1, 0.15) is 25.1 Å². The van der Waals surface area contributed by atoms with Crippen LogP contribution >= 0.6 is 11.6 Å². The van der Waals surface area contributed by atoms with Crippen molar-refractivity contribution in [2.75, 3.05) is 6.54 Å². The summed E-state index contributed by atoms with van der Waals surface area (Å²) in [7, 11) is 0. The van der Waals surface area contributed by atoms with Crippen LogP contribution in [-0.4, -0.2) is 26.1 Å². The number of aryl methyl sites for hydroxylation is 1. The molecule has 2 aromatic rings. The Labute approximate surface area is 124 Å². The van der Waals surface area contributed by atoms with Gasteiger partial charge in [0.1, 0.15) is 5.15 Å². The van der Waals surface area contributed by atoms with Gasteiger partial charge in [0.05, 0.1) is 12.2 Å². The van der Waals surface area contributed by atoms with Crippen molar-refractivity contribution in [2.24, 2.45) is 5.92 Å². The van der Waals surface area contributed by atoms with Gasteiger partial charge in [-0.1, -0.05) is 25.4 Å². The molecule has 0 bridgehead atoms. The second-order valence-electron chi connectivity index (χ2n) is 5.38. The monoisotopic (exact) mass is 295 g/mol. The molecule has 0 aliphatic heterocycles. The van der Waals surface area contributed by atoms with Gasteiger partial charge >= 0.3 is 0 Å². The number of aromatic nitrogens is 4. The van der Waals surface area contributed by atoms with E-state index in [-0.39, 0.29) is 0 Å². The molecule has 0 fully saturated rings. The van der Waals surface area contributed by atoms with Gasteiger partial charge < -0.3 is 5.32 Å². The number of nitrogens with zero attached hydrogens (tertiary/aromatic N) is 4. The van der Waals surface area contributed by atoms with E-state index in [4.69, 9.17) is 11.6 Å². The Balaban J connectivity index is 1.87. The summed E-state index contributed by atoms with van der Waals surface area (Å²) < 4.78 is 3.80. The fourth-order valence-electron chi connectivity index (χ4n) is 2.10. The molecule has 0 spiro atoms. The first-order valence-electron chi connectivity index (χ1n) is 6.98. The van der Waals surface area contributed by atoms with Crippen molar-refractivity contribution >= 4 is 11.6 Å². The third-order valence-electron chi connectivity index (χ3n) is 3.10. The number of rotatable bonds is 7. The third kappa shape index (κ3) is 3.84. The fraction of sp³-hybridized carbons (Fsp3) is 0.571. The van der Waals surface area contributed by atoms with Crippen molar-refractivity contribution in [2.45, 2.75) is 40.4 Å². The predicted molar refractivity (Wildman–Crippen MR) is 80.7 cm³/mol. The molecule has 20 heavy (non-hydrogen) atoms. The van der Waals surface area contributed by atoms with Crippen LogP contribution < -0.4 is 5.32 Å². The highest BCUT2D eigenvalue weighted by molar-refractivity contribution is 6.30. The molecule has 5 nitrogen and oxygen atoms in total. The molecule has 0 amide bonds. The van der Waals surface area contributed by atoms with E-state index in [0.29, 0.717) is 5.92 Å². The molecule has 0 unspecified atom stereocenters. The van der Waals surface area contributed by atoms with E-state index in [1.807, 2.05) is 28.6 Å². The van der Waals surface area contributed by atoms with Gasteiger partial charge in [-0.25, -0.2) is 0 Å². The zero-order valence-corrected chi connectivity index (χ0v) is 13.1. The van der Waals surface area contributed by atoms with E-state index in [0.717, 1.165) is 42.6 Å². The van der Waals surface area contributed by atoms with Gasteiger partial charge in [0.25, 0.3) is 0 Å². The van der Waals surface area contributed by atoms with Gasteiger partial charge in [-0.05, 0) is 18.9 Å². The molecule has 0 atom stereocenters. The van der Waals surface area contributed by atoms with Gasteiger partial charge in [-0.3, -0.25) is 9.36 Å². The van der Waals surface area contributed by atoms with Crippen LogP contribution in [-0.2, 0) is 19.6 Å². The average molecular weight is 296 g/mol. The summed E-state index contributed by atoms with van der Waals surface area (Å²) in [6, 6.07) is 1.93. The first-order valence-corrected chi connectivity index (χ1v) is 7.35. The molecule has 0 radical (unpaired) electrons. The third-order valence-corrected chi connectivity index (χ3v) is 3.52. The van der Waals surface area contributed by atoms with Crippen molar-refractivity contribution < 1.29 is 0 Å². The fourth-order valence-corrected chi connectivity index (χ4v) is 2.41. The Hall–Kier alpha value is -1.33. The van der Waals surface area contributed by atoms with E-state index in [9.17, 15) is 0 Å². The lowest BCUT2D eigenvalue weighted by Gasteiger charge is -2.07. The van der Waals surface area contributed by atoms with Crippen LogP contribution in [0.3, 0.4) is 0 Å². The standard InChI is InChI=1S/C14H22ClN5/c1-11(2)10-20-14(15)13(12(3)18-20)9-16-6-8-19-7-4-5-17-19/h4-5,7,11,16H,6,8-10H2,1-3H3. The van der Waals surface area contributed by atoms with E-state index in [1.54, 1.807) is 6.20 Å².